The lowest BCUT2D eigenvalue weighted by Gasteiger charge is -2.15. The van der Waals surface area contributed by atoms with Gasteiger partial charge in [0.05, 0.1) is 11.9 Å². The van der Waals surface area contributed by atoms with Crippen molar-refractivity contribution in [3.8, 4) is 5.75 Å². The molecule has 0 bridgehead atoms. The molecule has 0 spiro atoms. The zero-order valence-electron chi connectivity index (χ0n) is 9.96. The molecule has 0 aliphatic heterocycles. The predicted molar refractivity (Wildman–Crippen MR) is 77.8 cm³/mol. The fourth-order valence-electron chi connectivity index (χ4n) is 1.78. The van der Waals surface area contributed by atoms with Gasteiger partial charge in [-0.15, -0.1) is 0 Å². The fraction of sp³-hybridized carbons (Fsp3) is 0.143. The second kappa shape index (κ2) is 6.01. The Balaban J connectivity index is 2.49. The van der Waals surface area contributed by atoms with Crippen LogP contribution in [0.4, 0.5) is 8.78 Å². The summed E-state index contributed by atoms with van der Waals surface area (Å²) >= 11 is 6.59. The third kappa shape index (κ3) is 3.15. The van der Waals surface area contributed by atoms with Crippen LogP contribution in [0.5, 0.6) is 5.75 Å². The van der Waals surface area contributed by atoms with E-state index in [2.05, 4.69) is 31.9 Å². The minimum absolute atomic E-state index is 0.373. The Hall–Kier alpha value is -0.940. The van der Waals surface area contributed by atoms with Crippen molar-refractivity contribution in [3.05, 3.63) is 63.6 Å². The highest BCUT2D eigenvalue weighted by Crippen LogP contribution is 2.38. The van der Waals surface area contributed by atoms with Gasteiger partial charge in [0.1, 0.15) is 17.4 Å². The zero-order valence-corrected chi connectivity index (χ0v) is 13.1. The molecule has 0 aromatic heterocycles. The van der Waals surface area contributed by atoms with Crippen molar-refractivity contribution in [2.24, 2.45) is 0 Å². The fourth-order valence-corrected chi connectivity index (χ4v) is 2.84. The van der Waals surface area contributed by atoms with Gasteiger partial charge in [-0.05, 0) is 30.3 Å². The summed E-state index contributed by atoms with van der Waals surface area (Å²) in [5.74, 6) is -0.258. The van der Waals surface area contributed by atoms with Crippen molar-refractivity contribution >= 4 is 31.9 Å². The van der Waals surface area contributed by atoms with Gasteiger partial charge in [0.25, 0.3) is 0 Å². The summed E-state index contributed by atoms with van der Waals surface area (Å²) in [7, 11) is 1.49. The minimum atomic E-state index is -0.480. The van der Waals surface area contributed by atoms with Gasteiger partial charge in [0.2, 0.25) is 0 Å². The molecule has 0 amide bonds. The standard InChI is InChI=1S/C14H10Br2F2O/c1-19-13-5-3-9(17)7-11(13)14(16)10-4-2-8(15)6-12(10)18/h2-7,14H,1H3. The van der Waals surface area contributed by atoms with Gasteiger partial charge in [-0.2, -0.15) is 0 Å². The maximum atomic E-state index is 13.9. The van der Waals surface area contributed by atoms with Crippen LogP contribution in [-0.2, 0) is 0 Å². The molecule has 2 aromatic rings. The Morgan fingerprint density at radius 1 is 1.05 bits per heavy atom. The van der Waals surface area contributed by atoms with Crippen LogP contribution in [0.3, 0.4) is 0 Å². The largest absolute Gasteiger partial charge is 0.496 e. The quantitative estimate of drug-likeness (QED) is 0.651. The van der Waals surface area contributed by atoms with Crippen LogP contribution in [0.1, 0.15) is 16.0 Å². The van der Waals surface area contributed by atoms with Gasteiger partial charge in [-0.25, -0.2) is 8.78 Å². The molecular weight excluding hydrogens is 382 g/mol. The van der Waals surface area contributed by atoms with E-state index in [1.165, 1.54) is 31.4 Å². The summed E-state index contributed by atoms with van der Waals surface area (Å²) in [4.78, 5) is -0.480. The number of hydrogen-bond acceptors (Lipinski definition) is 1. The number of alkyl halides is 1. The van der Waals surface area contributed by atoms with Crippen molar-refractivity contribution in [1.29, 1.82) is 0 Å². The molecule has 1 unspecified atom stereocenters. The van der Waals surface area contributed by atoms with Crippen molar-refractivity contribution in [3.63, 3.8) is 0 Å². The van der Waals surface area contributed by atoms with E-state index in [9.17, 15) is 8.78 Å². The average molecular weight is 392 g/mol. The summed E-state index contributed by atoms with van der Waals surface area (Å²) in [6, 6.07) is 8.91. The van der Waals surface area contributed by atoms with E-state index in [1.807, 2.05) is 0 Å². The molecule has 2 rings (SSSR count). The highest BCUT2D eigenvalue weighted by Gasteiger charge is 2.19. The number of rotatable bonds is 3. The lowest BCUT2D eigenvalue weighted by atomic mass is 10.0. The summed E-state index contributed by atoms with van der Waals surface area (Å²) < 4.78 is 33.1. The molecular formula is C14H10Br2F2O. The van der Waals surface area contributed by atoms with E-state index < -0.39 is 10.6 Å². The van der Waals surface area contributed by atoms with Crippen LogP contribution in [0.25, 0.3) is 0 Å². The molecule has 5 heteroatoms. The summed E-state index contributed by atoms with van der Waals surface area (Å²) in [5.41, 5.74) is 0.968. The Morgan fingerprint density at radius 3 is 2.42 bits per heavy atom. The topological polar surface area (TPSA) is 9.23 Å². The summed E-state index contributed by atoms with van der Waals surface area (Å²) in [6.45, 7) is 0. The van der Waals surface area contributed by atoms with Crippen molar-refractivity contribution < 1.29 is 13.5 Å². The lowest BCUT2D eigenvalue weighted by Crippen LogP contribution is -2.00. The average Bonchev–Trinajstić information content (AvgIpc) is 2.38. The number of methoxy groups -OCH3 is 1. The second-order valence-corrected chi connectivity index (χ2v) is 5.75. The molecule has 0 N–H and O–H groups in total. The van der Waals surface area contributed by atoms with Gasteiger partial charge in [-0.3, -0.25) is 0 Å². The van der Waals surface area contributed by atoms with E-state index >= 15 is 0 Å². The monoisotopic (exact) mass is 390 g/mol. The maximum Gasteiger partial charge on any atom is 0.129 e. The molecule has 100 valence electrons. The maximum absolute atomic E-state index is 13.9. The first kappa shape index (κ1) is 14.5. The van der Waals surface area contributed by atoms with Crippen molar-refractivity contribution in [2.75, 3.05) is 7.11 Å². The first-order valence-electron chi connectivity index (χ1n) is 5.45. The van der Waals surface area contributed by atoms with Gasteiger partial charge in [-0.1, -0.05) is 37.9 Å². The molecule has 0 heterocycles. The van der Waals surface area contributed by atoms with Gasteiger partial charge in [0, 0.05) is 15.6 Å². The Bertz CT molecular complexity index is 602. The molecule has 0 saturated heterocycles. The normalized spacial score (nSPS) is 12.3. The Kier molecular flexibility index (Phi) is 4.58. The zero-order chi connectivity index (χ0) is 14.0. The van der Waals surface area contributed by atoms with Crippen LogP contribution in [-0.4, -0.2) is 7.11 Å². The molecule has 0 fully saturated rings. The van der Waals surface area contributed by atoms with E-state index in [1.54, 1.807) is 12.1 Å². The molecule has 0 aliphatic carbocycles. The second-order valence-electron chi connectivity index (χ2n) is 3.91. The molecule has 0 saturated carbocycles. The van der Waals surface area contributed by atoms with Crippen molar-refractivity contribution in [1.82, 2.24) is 0 Å². The third-order valence-electron chi connectivity index (χ3n) is 2.70. The van der Waals surface area contributed by atoms with Gasteiger partial charge >= 0.3 is 0 Å². The molecule has 1 atom stereocenters. The first-order valence-corrected chi connectivity index (χ1v) is 7.16. The van der Waals surface area contributed by atoms with Crippen LogP contribution in [0.15, 0.2) is 40.9 Å². The molecule has 0 aliphatic rings. The number of halogens is 4. The smallest absolute Gasteiger partial charge is 0.129 e. The Morgan fingerprint density at radius 2 is 1.79 bits per heavy atom. The minimum Gasteiger partial charge on any atom is -0.496 e. The molecule has 0 radical (unpaired) electrons. The predicted octanol–water partition coefficient (Wildman–Crippen LogP) is 5.22. The number of benzene rings is 2. The first-order chi connectivity index (χ1) is 9.02. The van der Waals surface area contributed by atoms with Crippen LogP contribution >= 0.6 is 31.9 Å². The summed E-state index contributed by atoms with van der Waals surface area (Å²) in [6.07, 6.45) is 0. The number of hydrogen-bond donors (Lipinski definition) is 0. The molecule has 2 aromatic carbocycles. The van der Waals surface area contributed by atoms with E-state index in [-0.39, 0.29) is 5.82 Å². The summed E-state index contributed by atoms with van der Waals surface area (Å²) in [5, 5.41) is 0. The van der Waals surface area contributed by atoms with Crippen molar-refractivity contribution in [2.45, 2.75) is 4.83 Å². The van der Waals surface area contributed by atoms with Gasteiger partial charge in [0.15, 0.2) is 0 Å². The van der Waals surface area contributed by atoms with Gasteiger partial charge < -0.3 is 4.74 Å². The SMILES string of the molecule is COc1ccc(F)cc1C(Br)c1ccc(Br)cc1F. The molecule has 19 heavy (non-hydrogen) atoms. The lowest BCUT2D eigenvalue weighted by molar-refractivity contribution is 0.409. The highest BCUT2D eigenvalue weighted by atomic mass is 79.9. The number of ether oxygens (including phenoxy) is 1. The van der Waals surface area contributed by atoms with Crippen LogP contribution < -0.4 is 4.74 Å². The van der Waals surface area contributed by atoms with Crippen LogP contribution in [0, 0.1) is 11.6 Å². The Labute approximate surface area is 126 Å². The third-order valence-corrected chi connectivity index (χ3v) is 4.18. The van der Waals surface area contributed by atoms with E-state index in [4.69, 9.17) is 4.74 Å². The van der Waals surface area contributed by atoms with E-state index in [0.717, 1.165) is 0 Å². The van der Waals surface area contributed by atoms with Crippen LogP contribution in [0.2, 0.25) is 0 Å². The molecule has 1 nitrogen and oxygen atoms in total. The van der Waals surface area contributed by atoms with E-state index in [0.29, 0.717) is 21.3 Å². The highest BCUT2D eigenvalue weighted by molar-refractivity contribution is 9.10.